The summed E-state index contributed by atoms with van der Waals surface area (Å²) in [4.78, 5) is 11.6. The van der Waals surface area contributed by atoms with Gasteiger partial charge in [-0.2, -0.15) is 0 Å². The molecule has 1 aromatic rings. The van der Waals surface area contributed by atoms with Crippen molar-refractivity contribution in [1.29, 1.82) is 0 Å². The van der Waals surface area contributed by atoms with Crippen molar-refractivity contribution in [2.75, 3.05) is 6.54 Å². The number of nitrogens with two attached hydrogens (primary N) is 1. The molecular formula is C12H16F2N2O2. The van der Waals surface area contributed by atoms with Crippen molar-refractivity contribution in [3.05, 3.63) is 29.8 Å². The van der Waals surface area contributed by atoms with Gasteiger partial charge in [-0.3, -0.25) is 4.79 Å². The first-order chi connectivity index (χ1) is 8.43. The number of carbonyl (C=O) groups excluding carboxylic acids is 1. The van der Waals surface area contributed by atoms with Crippen molar-refractivity contribution in [2.45, 2.75) is 26.0 Å². The van der Waals surface area contributed by atoms with Crippen molar-refractivity contribution in [3.63, 3.8) is 0 Å². The van der Waals surface area contributed by atoms with Crippen LogP contribution >= 0.6 is 0 Å². The van der Waals surface area contributed by atoms with Gasteiger partial charge in [-0.15, -0.1) is 0 Å². The average molecular weight is 258 g/mol. The minimum absolute atomic E-state index is 0.0944. The van der Waals surface area contributed by atoms with Gasteiger partial charge >= 0.3 is 0 Å². The molecule has 0 aliphatic carbocycles. The summed E-state index contributed by atoms with van der Waals surface area (Å²) in [5.74, 6) is -2.25. The highest BCUT2D eigenvalue weighted by molar-refractivity contribution is 5.80. The predicted octanol–water partition coefficient (Wildman–Crippen LogP) is 1.20. The number of nitrogens with one attached hydrogen (secondary N) is 1. The Morgan fingerprint density at radius 1 is 1.39 bits per heavy atom. The van der Waals surface area contributed by atoms with E-state index in [0.29, 0.717) is 6.54 Å². The third-order valence-corrected chi connectivity index (χ3v) is 2.32. The Labute approximate surface area is 104 Å². The summed E-state index contributed by atoms with van der Waals surface area (Å²) in [6, 6.07) is 2.92. The molecule has 0 radical (unpaired) electrons. The van der Waals surface area contributed by atoms with E-state index in [9.17, 15) is 13.6 Å². The van der Waals surface area contributed by atoms with Gasteiger partial charge in [0.15, 0.2) is 17.7 Å². The predicted molar refractivity (Wildman–Crippen MR) is 63.1 cm³/mol. The van der Waals surface area contributed by atoms with Gasteiger partial charge in [0, 0.05) is 18.7 Å². The summed E-state index contributed by atoms with van der Waals surface area (Å²) in [5.41, 5.74) is 5.36. The van der Waals surface area contributed by atoms with Crippen molar-refractivity contribution >= 4 is 5.91 Å². The Morgan fingerprint density at radius 3 is 2.61 bits per heavy atom. The summed E-state index contributed by atoms with van der Waals surface area (Å²) in [5, 5.41) is 2.62. The monoisotopic (exact) mass is 258 g/mol. The highest BCUT2D eigenvalue weighted by atomic mass is 19.2. The molecule has 0 saturated heterocycles. The molecule has 4 nitrogen and oxygen atoms in total. The van der Waals surface area contributed by atoms with Crippen LogP contribution in [0.25, 0.3) is 0 Å². The first-order valence-corrected chi connectivity index (χ1v) is 5.56. The minimum Gasteiger partial charge on any atom is -0.481 e. The molecule has 100 valence electrons. The Kier molecular flexibility index (Phi) is 5.03. The molecule has 1 amide bonds. The lowest BCUT2D eigenvalue weighted by Gasteiger charge is -2.17. The fraction of sp³-hybridized carbons (Fsp3) is 0.417. The van der Waals surface area contributed by atoms with Crippen molar-refractivity contribution in [3.8, 4) is 5.75 Å². The van der Waals surface area contributed by atoms with Gasteiger partial charge in [-0.25, -0.2) is 8.78 Å². The first-order valence-electron chi connectivity index (χ1n) is 5.56. The van der Waals surface area contributed by atoms with Crippen LogP contribution in [-0.4, -0.2) is 24.6 Å². The standard InChI is InChI=1S/C12H16F2N2O2/c1-7(6-15)16-12(17)8(2)18-9-3-4-10(13)11(14)5-9/h3-5,7-8H,6,15H2,1-2H3,(H,16,17)/t7-,8?/m0/s1. The van der Waals surface area contributed by atoms with E-state index >= 15 is 0 Å². The maximum atomic E-state index is 12.9. The van der Waals surface area contributed by atoms with Crippen LogP contribution < -0.4 is 15.8 Å². The number of hydrogen-bond acceptors (Lipinski definition) is 3. The summed E-state index contributed by atoms with van der Waals surface area (Å²) in [6.45, 7) is 3.58. The molecule has 0 heterocycles. The SMILES string of the molecule is CC(Oc1ccc(F)c(F)c1)C(=O)N[C@@H](C)CN. The molecular weight excluding hydrogens is 242 g/mol. The van der Waals surface area contributed by atoms with E-state index in [4.69, 9.17) is 10.5 Å². The van der Waals surface area contributed by atoms with Crippen molar-refractivity contribution < 1.29 is 18.3 Å². The largest absolute Gasteiger partial charge is 0.481 e. The van der Waals surface area contributed by atoms with E-state index in [1.807, 2.05) is 0 Å². The fourth-order valence-corrected chi connectivity index (χ4v) is 1.23. The highest BCUT2D eigenvalue weighted by Crippen LogP contribution is 2.16. The molecule has 0 aromatic heterocycles. The van der Waals surface area contributed by atoms with Crippen LogP contribution in [0.4, 0.5) is 8.78 Å². The second-order valence-electron chi connectivity index (χ2n) is 3.98. The summed E-state index contributed by atoms with van der Waals surface area (Å²) in [7, 11) is 0. The number of rotatable bonds is 5. The quantitative estimate of drug-likeness (QED) is 0.834. The van der Waals surface area contributed by atoms with Gasteiger partial charge in [-0.1, -0.05) is 0 Å². The number of amides is 1. The molecule has 0 spiro atoms. The van der Waals surface area contributed by atoms with Crippen LogP contribution in [0.1, 0.15) is 13.8 Å². The zero-order valence-corrected chi connectivity index (χ0v) is 10.2. The zero-order chi connectivity index (χ0) is 13.7. The number of benzene rings is 1. The van der Waals surface area contributed by atoms with E-state index in [2.05, 4.69) is 5.32 Å². The van der Waals surface area contributed by atoms with Crippen LogP contribution in [0.5, 0.6) is 5.75 Å². The molecule has 2 atom stereocenters. The normalized spacial score (nSPS) is 13.8. The van der Waals surface area contributed by atoms with Crippen LogP contribution in [0, 0.1) is 11.6 Å². The maximum Gasteiger partial charge on any atom is 0.261 e. The van der Waals surface area contributed by atoms with Crippen LogP contribution in [-0.2, 0) is 4.79 Å². The Morgan fingerprint density at radius 2 is 2.06 bits per heavy atom. The van der Waals surface area contributed by atoms with Crippen LogP contribution in [0.15, 0.2) is 18.2 Å². The molecule has 0 aliphatic heterocycles. The van der Waals surface area contributed by atoms with Gasteiger partial charge in [0.1, 0.15) is 5.75 Å². The topological polar surface area (TPSA) is 64.3 Å². The lowest BCUT2D eigenvalue weighted by atomic mass is 10.3. The molecule has 3 N–H and O–H groups in total. The minimum atomic E-state index is -1.02. The summed E-state index contributed by atoms with van der Waals surface area (Å²) in [6.07, 6.45) is -0.816. The maximum absolute atomic E-state index is 12.9. The van der Waals surface area contributed by atoms with Gasteiger partial charge in [0.05, 0.1) is 0 Å². The second kappa shape index (κ2) is 6.30. The summed E-state index contributed by atoms with van der Waals surface area (Å²) >= 11 is 0. The molecule has 0 saturated carbocycles. The van der Waals surface area contributed by atoms with Crippen LogP contribution in [0.2, 0.25) is 0 Å². The van der Waals surface area contributed by atoms with Crippen molar-refractivity contribution in [1.82, 2.24) is 5.32 Å². The molecule has 6 heteroatoms. The smallest absolute Gasteiger partial charge is 0.261 e. The lowest BCUT2D eigenvalue weighted by Crippen LogP contribution is -2.44. The second-order valence-corrected chi connectivity index (χ2v) is 3.98. The number of hydrogen-bond donors (Lipinski definition) is 2. The Hall–Kier alpha value is -1.69. The van der Waals surface area contributed by atoms with Gasteiger partial charge in [-0.05, 0) is 26.0 Å². The van der Waals surface area contributed by atoms with Crippen LogP contribution in [0.3, 0.4) is 0 Å². The molecule has 0 bridgehead atoms. The molecule has 1 rings (SSSR count). The van der Waals surface area contributed by atoms with E-state index in [1.54, 1.807) is 6.92 Å². The van der Waals surface area contributed by atoms with Gasteiger partial charge in [0.25, 0.3) is 5.91 Å². The first kappa shape index (κ1) is 14.4. The third-order valence-electron chi connectivity index (χ3n) is 2.32. The molecule has 1 aromatic carbocycles. The van der Waals surface area contributed by atoms with E-state index in [-0.39, 0.29) is 17.7 Å². The third kappa shape index (κ3) is 3.96. The Balaban J connectivity index is 2.60. The molecule has 0 aliphatic rings. The van der Waals surface area contributed by atoms with Crippen molar-refractivity contribution in [2.24, 2.45) is 5.73 Å². The fourth-order valence-electron chi connectivity index (χ4n) is 1.23. The number of halogens is 2. The average Bonchev–Trinajstić information content (AvgIpc) is 2.33. The van der Waals surface area contributed by atoms with Gasteiger partial charge < -0.3 is 15.8 Å². The number of ether oxygens (including phenoxy) is 1. The molecule has 18 heavy (non-hydrogen) atoms. The molecule has 1 unspecified atom stereocenters. The highest BCUT2D eigenvalue weighted by Gasteiger charge is 2.16. The van der Waals surface area contributed by atoms with Gasteiger partial charge in [0.2, 0.25) is 0 Å². The number of carbonyl (C=O) groups is 1. The lowest BCUT2D eigenvalue weighted by molar-refractivity contribution is -0.127. The van der Waals surface area contributed by atoms with E-state index in [0.717, 1.165) is 12.1 Å². The summed E-state index contributed by atoms with van der Waals surface area (Å²) < 4.78 is 30.8. The van der Waals surface area contributed by atoms with E-state index < -0.39 is 17.7 Å². The van der Waals surface area contributed by atoms with E-state index in [1.165, 1.54) is 13.0 Å². The zero-order valence-electron chi connectivity index (χ0n) is 10.2. The Bertz CT molecular complexity index is 427. The molecule has 0 fully saturated rings.